The van der Waals surface area contributed by atoms with E-state index in [4.69, 9.17) is 11.6 Å². The van der Waals surface area contributed by atoms with Crippen LogP contribution in [0.5, 0.6) is 5.88 Å². The molecule has 0 radical (unpaired) electrons. The van der Waals surface area contributed by atoms with Crippen molar-refractivity contribution in [2.45, 2.75) is 11.1 Å². The highest BCUT2D eigenvalue weighted by Gasteiger charge is 2.28. The van der Waals surface area contributed by atoms with E-state index in [1.165, 1.54) is 30.1 Å². The second-order valence-electron chi connectivity index (χ2n) is 4.59. The van der Waals surface area contributed by atoms with Crippen molar-refractivity contribution in [3.63, 3.8) is 0 Å². The van der Waals surface area contributed by atoms with E-state index in [9.17, 15) is 18.0 Å². The summed E-state index contributed by atoms with van der Waals surface area (Å²) in [6.45, 7) is -1.43. The molecular formula is C15H12ClF3N2O2S. The molecule has 0 aliphatic rings. The van der Waals surface area contributed by atoms with E-state index in [2.05, 4.69) is 15.0 Å². The number of nitrogens with zero attached hydrogens (tertiary/aromatic N) is 1. The number of ether oxygens (including phenoxy) is 1. The molecule has 0 unspecified atom stereocenters. The van der Waals surface area contributed by atoms with Gasteiger partial charge in [-0.3, -0.25) is 4.79 Å². The number of anilines is 1. The van der Waals surface area contributed by atoms with E-state index in [-0.39, 0.29) is 5.88 Å². The number of alkyl halides is 3. The van der Waals surface area contributed by atoms with Gasteiger partial charge in [-0.25, -0.2) is 4.98 Å². The number of halogens is 4. The average Bonchev–Trinajstić information content (AvgIpc) is 2.54. The van der Waals surface area contributed by atoms with E-state index in [1.54, 1.807) is 18.2 Å². The summed E-state index contributed by atoms with van der Waals surface area (Å²) in [7, 11) is 0. The van der Waals surface area contributed by atoms with Crippen molar-refractivity contribution in [1.29, 1.82) is 0 Å². The number of thioether (sulfide) groups is 1. The van der Waals surface area contributed by atoms with Crippen molar-refractivity contribution in [3.8, 4) is 5.88 Å². The van der Waals surface area contributed by atoms with Crippen LogP contribution in [-0.2, 0) is 0 Å². The molecule has 2 rings (SSSR count). The first kappa shape index (κ1) is 18.4. The molecule has 2 aromatic rings. The number of amides is 1. The normalized spacial score (nSPS) is 11.2. The van der Waals surface area contributed by atoms with Crippen LogP contribution in [0.1, 0.15) is 10.4 Å². The summed E-state index contributed by atoms with van der Waals surface area (Å²) < 4.78 is 40.7. The SMILES string of the molecule is CSc1ccc(Cl)c(C(=O)Nc2ccc(OCC(F)(F)F)nc2)c1. The standard InChI is InChI=1S/C15H12ClF3N2O2S/c1-24-10-3-4-12(16)11(6-10)14(22)21-9-2-5-13(20-7-9)23-8-15(17,18)19/h2-7H,8H2,1H3,(H,21,22). The molecule has 0 aliphatic carbocycles. The van der Waals surface area contributed by atoms with Gasteiger partial charge in [0.15, 0.2) is 6.61 Å². The Hall–Kier alpha value is -1.93. The van der Waals surface area contributed by atoms with Gasteiger partial charge >= 0.3 is 6.18 Å². The number of nitrogens with one attached hydrogen (secondary N) is 1. The molecule has 1 aromatic heterocycles. The van der Waals surface area contributed by atoms with Crippen LogP contribution in [-0.4, -0.2) is 29.9 Å². The number of carbonyl (C=O) groups excluding carboxylic acids is 1. The molecule has 4 nitrogen and oxygen atoms in total. The van der Waals surface area contributed by atoms with Crippen LogP contribution in [0.15, 0.2) is 41.4 Å². The maximum absolute atomic E-state index is 12.2. The van der Waals surface area contributed by atoms with E-state index in [0.717, 1.165) is 4.90 Å². The summed E-state index contributed by atoms with van der Waals surface area (Å²) in [6.07, 6.45) is -1.36. The summed E-state index contributed by atoms with van der Waals surface area (Å²) in [5, 5.41) is 2.87. The minimum atomic E-state index is -4.44. The summed E-state index contributed by atoms with van der Waals surface area (Å²) in [5.41, 5.74) is 0.603. The van der Waals surface area contributed by atoms with E-state index in [0.29, 0.717) is 16.3 Å². The van der Waals surface area contributed by atoms with E-state index in [1.807, 2.05) is 6.26 Å². The van der Waals surface area contributed by atoms with Gasteiger partial charge in [0, 0.05) is 11.0 Å². The number of benzene rings is 1. The molecule has 128 valence electrons. The minimum Gasteiger partial charge on any atom is -0.468 e. The Labute approximate surface area is 145 Å². The number of aromatic nitrogens is 1. The topological polar surface area (TPSA) is 51.2 Å². The third kappa shape index (κ3) is 5.31. The molecule has 0 saturated carbocycles. The second kappa shape index (κ2) is 7.76. The lowest BCUT2D eigenvalue weighted by Crippen LogP contribution is -2.19. The maximum atomic E-state index is 12.2. The van der Waals surface area contributed by atoms with Gasteiger partial charge in [-0.15, -0.1) is 11.8 Å². The van der Waals surface area contributed by atoms with Crippen LogP contribution in [0.4, 0.5) is 18.9 Å². The number of hydrogen-bond donors (Lipinski definition) is 1. The van der Waals surface area contributed by atoms with E-state index < -0.39 is 18.7 Å². The quantitative estimate of drug-likeness (QED) is 0.772. The molecule has 0 saturated heterocycles. The van der Waals surface area contributed by atoms with Crippen LogP contribution in [0.3, 0.4) is 0 Å². The predicted molar refractivity (Wildman–Crippen MR) is 87.0 cm³/mol. The maximum Gasteiger partial charge on any atom is 0.422 e. The van der Waals surface area contributed by atoms with Gasteiger partial charge in [-0.1, -0.05) is 11.6 Å². The van der Waals surface area contributed by atoms with Gasteiger partial charge in [0.05, 0.1) is 22.5 Å². The monoisotopic (exact) mass is 376 g/mol. The van der Waals surface area contributed by atoms with Gasteiger partial charge < -0.3 is 10.1 Å². The van der Waals surface area contributed by atoms with E-state index >= 15 is 0 Å². The zero-order valence-electron chi connectivity index (χ0n) is 12.4. The first-order valence-corrected chi connectivity index (χ1v) is 8.19. The lowest BCUT2D eigenvalue weighted by Gasteiger charge is -2.10. The van der Waals surface area contributed by atoms with Gasteiger partial charge in [0.1, 0.15) is 0 Å². The summed E-state index contributed by atoms with van der Waals surface area (Å²) in [5.74, 6) is -0.630. The summed E-state index contributed by atoms with van der Waals surface area (Å²) in [6, 6.07) is 7.69. The highest BCUT2D eigenvalue weighted by molar-refractivity contribution is 7.98. The molecule has 1 aromatic carbocycles. The average molecular weight is 377 g/mol. The Bertz CT molecular complexity index is 724. The number of pyridine rings is 1. The summed E-state index contributed by atoms with van der Waals surface area (Å²) in [4.78, 5) is 16.8. The molecule has 0 atom stereocenters. The highest BCUT2D eigenvalue weighted by atomic mass is 35.5. The van der Waals surface area contributed by atoms with Crippen LogP contribution in [0, 0.1) is 0 Å². The summed E-state index contributed by atoms with van der Waals surface area (Å²) >= 11 is 7.48. The Morgan fingerprint density at radius 3 is 2.67 bits per heavy atom. The van der Waals surface area contributed by atoms with Crippen LogP contribution in [0.2, 0.25) is 5.02 Å². The molecule has 24 heavy (non-hydrogen) atoms. The lowest BCUT2D eigenvalue weighted by molar-refractivity contribution is -0.154. The first-order chi connectivity index (χ1) is 11.3. The molecule has 1 amide bonds. The zero-order chi connectivity index (χ0) is 17.7. The van der Waals surface area contributed by atoms with Crippen molar-refractivity contribution in [3.05, 3.63) is 47.1 Å². The second-order valence-corrected chi connectivity index (χ2v) is 5.88. The largest absolute Gasteiger partial charge is 0.468 e. The molecule has 0 fully saturated rings. The van der Waals surface area contributed by atoms with Gasteiger partial charge in [-0.2, -0.15) is 13.2 Å². The number of hydrogen-bond acceptors (Lipinski definition) is 4. The van der Waals surface area contributed by atoms with Crippen LogP contribution in [0.25, 0.3) is 0 Å². The zero-order valence-corrected chi connectivity index (χ0v) is 13.9. The third-order valence-electron chi connectivity index (χ3n) is 2.80. The number of carbonyl (C=O) groups is 1. The molecule has 1 heterocycles. The molecule has 1 N–H and O–H groups in total. The van der Waals surface area contributed by atoms with Crippen molar-refractivity contribution in [2.24, 2.45) is 0 Å². The van der Waals surface area contributed by atoms with Crippen molar-refractivity contribution in [2.75, 3.05) is 18.2 Å². The Balaban J connectivity index is 2.04. The Morgan fingerprint density at radius 2 is 2.08 bits per heavy atom. The number of rotatable bonds is 5. The van der Waals surface area contributed by atoms with Crippen molar-refractivity contribution in [1.82, 2.24) is 4.98 Å². The first-order valence-electron chi connectivity index (χ1n) is 6.59. The fourth-order valence-corrected chi connectivity index (χ4v) is 2.34. The van der Waals surface area contributed by atoms with Crippen molar-refractivity contribution < 1.29 is 22.7 Å². The van der Waals surface area contributed by atoms with Crippen LogP contribution >= 0.6 is 23.4 Å². The fraction of sp³-hybridized carbons (Fsp3) is 0.200. The lowest BCUT2D eigenvalue weighted by atomic mass is 10.2. The van der Waals surface area contributed by atoms with Gasteiger partial charge in [-0.05, 0) is 30.5 Å². The van der Waals surface area contributed by atoms with Crippen LogP contribution < -0.4 is 10.1 Å². The molecule has 0 bridgehead atoms. The fourth-order valence-electron chi connectivity index (χ4n) is 1.70. The molecular weight excluding hydrogens is 365 g/mol. The van der Waals surface area contributed by atoms with Gasteiger partial charge in [0.2, 0.25) is 5.88 Å². The Kier molecular flexibility index (Phi) is 5.95. The minimum absolute atomic E-state index is 0.187. The molecule has 0 aliphatic heterocycles. The van der Waals surface area contributed by atoms with Gasteiger partial charge in [0.25, 0.3) is 5.91 Å². The molecule has 9 heteroatoms. The third-order valence-corrected chi connectivity index (χ3v) is 3.85. The Morgan fingerprint density at radius 1 is 1.33 bits per heavy atom. The predicted octanol–water partition coefficient (Wildman–Crippen LogP) is 4.65. The smallest absolute Gasteiger partial charge is 0.422 e. The highest BCUT2D eigenvalue weighted by Crippen LogP contribution is 2.24. The molecule has 0 spiro atoms. The van der Waals surface area contributed by atoms with Crippen molar-refractivity contribution >= 4 is 35.0 Å².